The Morgan fingerprint density at radius 3 is 2.74 bits per heavy atom. The number of benzene rings is 1. The van der Waals surface area contributed by atoms with Gasteiger partial charge < -0.3 is 24.7 Å². The molecule has 1 aliphatic carbocycles. The minimum atomic E-state index is -3.90. The summed E-state index contributed by atoms with van der Waals surface area (Å²) in [5, 5.41) is 12.6. The molecule has 0 spiro atoms. The molecular formula is C20H24BrN6O6P. The molecule has 3 aromatic rings. The van der Waals surface area contributed by atoms with Crippen LogP contribution in [-0.2, 0) is 18.6 Å². The van der Waals surface area contributed by atoms with Crippen molar-refractivity contribution in [2.75, 3.05) is 19.5 Å². The highest BCUT2D eigenvalue weighted by Gasteiger charge is 2.37. The van der Waals surface area contributed by atoms with Crippen LogP contribution in [-0.4, -0.2) is 50.4 Å². The number of nitrogens with one attached hydrogen (secondary N) is 1. The number of methoxy groups -OCH3 is 1. The quantitative estimate of drug-likeness (QED) is 0.262. The number of carbonyl (C=O) groups excluding carboxylic acids is 1. The van der Waals surface area contributed by atoms with Gasteiger partial charge in [-0.3, -0.25) is 9.32 Å². The topological polar surface area (TPSA) is 164 Å². The molecule has 1 unspecified atom stereocenters. The second-order valence-corrected chi connectivity index (χ2v) is 10.5. The molecule has 4 rings (SSSR count). The second-order valence-electron chi connectivity index (χ2n) is 7.93. The van der Waals surface area contributed by atoms with Crippen LogP contribution in [0.1, 0.15) is 25.8 Å². The van der Waals surface area contributed by atoms with E-state index in [0.717, 1.165) is 4.47 Å². The number of anilines is 1. The van der Waals surface area contributed by atoms with Gasteiger partial charge in [-0.1, -0.05) is 15.9 Å². The molecule has 2 heterocycles. The maximum atomic E-state index is 13.5. The molecule has 1 fully saturated rings. The van der Waals surface area contributed by atoms with Crippen molar-refractivity contribution in [1.29, 1.82) is 0 Å². The second kappa shape index (κ2) is 9.87. The van der Waals surface area contributed by atoms with E-state index in [1.54, 1.807) is 30.6 Å². The lowest BCUT2D eigenvalue weighted by Crippen LogP contribution is -2.36. The molecule has 0 amide bonds. The monoisotopic (exact) mass is 554 g/mol. The Kier molecular flexibility index (Phi) is 7.08. The highest BCUT2D eigenvalue weighted by atomic mass is 79.9. The molecule has 0 radical (unpaired) electrons. The van der Waals surface area contributed by atoms with Crippen molar-refractivity contribution < 1.29 is 28.3 Å². The third kappa shape index (κ3) is 5.33. The Hall–Kier alpha value is -2.73. The van der Waals surface area contributed by atoms with E-state index in [9.17, 15) is 14.5 Å². The van der Waals surface area contributed by atoms with Crippen LogP contribution < -0.4 is 15.3 Å². The molecule has 2 aromatic heterocycles. The van der Waals surface area contributed by atoms with Gasteiger partial charge in [0.25, 0.3) is 0 Å². The number of esters is 1. The summed E-state index contributed by atoms with van der Waals surface area (Å²) in [6.45, 7) is 1.65. The van der Waals surface area contributed by atoms with Crippen molar-refractivity contribution in [3.8, 4) is 11.6 Å². The van der Waals surface area contributed by atoms with Crippen LogP contribution in [0.3, 0.4) is 0 Å². The molecular weight excluding hydrogens is 531 g/mol. The Bertz CT molecular complexity index is 1230. The number of fused-ring (bicyclic) bond motifs is 1. The Morgan fingerprint density at radius 1 is 1.35 bits per heavy atom. The Labute approximate surface area is 203 Å². The largest absolute Gasteiger partial charge is 0.492 e. The molecule has 12 nitrogen and oxygen atoms in total. The van der Waals surface area contributed by atoms with E-state index >= 15 is 0 Å². The van der Waals surface area contributed by atoms with Crippen LogP contribution in [0.5, 0.6) is 11.6 Å². The molecule has 2 atom stereocenters. The predicted octanol–water partition coefficient (Wildman–Crippen LogP) is 3.18. The van der Waals surface area contributed by atoms with Gasteiger partial charge >= 0.3 is 13.7 Å². The minimum absolute atomic E-state index is 0.0391. The number of aromatic hydroxyl groups is 1. The van der Waals surface area contributed by atoms with Crippen LogP contribution in [0.15, 0.2) is 35.1 Å². The van der Waals surface area contributed by atoms with Gasteiger partial charge in [0.1, 0.15) is 11.8 Å². The zero-order valence-corrected chi connectivity index (χ0v) is 20.9. The van der Waals surface area contributed by atoms with Crippen molar-refractivity contribution in [1.82, 2.24) is 24.6 Å². The average Bonchev–Trinajstić information content (AvgIpc) is 3.17. The lowest BCUT2D eigenvalue weighted by atomic mass is 9.81. The summed E-state index contributed by atoms with van der Waals surface area (Å²) in [5.41, 5.74) is 6.38. The van der Waals surface area contributed by atoms with Crippen LogP contribution in [0.4, 0.5) is 5.95 Å². The highest BCUT2D eigenvalue weighted by molar-refractivity contribution is 9.10. The van der Waals surface area contributed by atoms with E-state index in [2.05, 4.69) is 36.0 Å². The van der Waals surface area contributed by atoms with E-state index in [1.807, 2.05) is 4.57 Å². The average molecular weight is 555 g/mol. The summed E-state index contributed by atoms with van der Waals surface area (Å²) in [6.07, 6.45) is 2.98. The molecule has 1 aliphatic rings. The number of nitrogen functional groups attached to an aromatic ring is 1. The fourth-order valence-electron chi connectivity index (χ4n) is 3.64. The van der Waals surface area contributed by atoms with Crippen molar-refractivity contribution >= 4 is 46.8 Å². The first-order chi connectivity index (χ1) is 16.2. The number of halogens is 1. The van der Waals surface area contributed by atoms with Crippen LogP contribution in [0.25, 0.3) is 11.2 Å². The van der Waals surface area contributed by atoms with Gasteiger partial charge in [0.05, 0.1) is 20.0 Å². The first-order valence-electron chi connectivity index (χ1n) is 10.4. The Morgan fingerprint density at radius 2 is 2.06 bits per heavy atom. The van der Waals surface area contributed by atoms with E-state index in [4.69, 9.17) is 19.5 Å². The number of aromatic nitrogens is 4. The molecule has 4 N–H and O–H groups in total. The van der Waals surface area contributed by atoms with Gasteiger partial charge in [-0.25, -0.2) is 9.55 Å². The summed E-state index contributed by atoms with van der Waals surface area (Å²) in [4.78, 5) is 23.9. The van der Waals surface area contributed by atoms with Crippen molar-refractivity contribution in [2.45, 2.75) is 31.8 Å². The standard InChI is InChI=1S/C20H24BrN6O6P/c1-11(19(29)31-2)26-34(30,33-15-5-3-13(21)4-6-15)32-9-12-7-14(8-12)27-10-23-16-17(27)24-20(22)25-18(16)28/h3-6,10-12,14H,7-9H2,1-2H3,(H,26,30)(H3,22,24,25,28)/t11-,12-,14+,34?/m0/s1. The van der Waals surface area contributed by atoms with Crippen LogP contribution >= 0.6 is 23.7 Å². The molecule has 14 heteroatoms. The number of hydrogen-bond acceptors (Lipinski definition) is 10. The van der Waals surface area contributed by atoms with E-state index in [-0.39, 0.29) is 35.9 Å². The molecule has 0 saturated heterocycles. The molecule has 182 valence electrons. The highest BCUT2D eigenvalue weighted by Crippen LogP contribution is 2.48. The summed E-state index contributed by atoms with van der Waals surface area (Å²) in [6, 6.07) is 5.90. The number of rotatable bonds is 9. The van der Waals surface area contributed by atoms with E-state index < -0.39 is 19.8 Å². The van der Waals surface area contributed by atoms with Crippen molar-refractivity contribution in [3.05, 3.63) is 35.1 Å². The van der Waals surface area contributed by atoms with Crippen LogP contribution in [0, 0.1) is 5.92 Å². The lowest BCUT2D eigenvalue weighted by molar-refractivity contribution is -0.142. The van der Waals surface area contributed by atoms with Crippen molar-refractivity contribution in [2.24, 2.45) is 5.92 Å². The number of carbonyl (C=O) groups is 1. The van der Waals surface area contributed by atoms with Gasteiger partial charge in [-0.05, 0) is 49.9 Å². The number of nitrogens with zero attached hydrogens (tertiary/aromatic N) is 4. The van der Waals surface area contributed by atoms with E-state index in [1.165, 1.54) is 14.0 Å². The normalized spacial score (nSPS) is 20.3. The zero-order valence-electron chi connectivity index (χ0n) is 18.4. The summed E-state index contributed by atoms with van der Waals surface area (Å²) >= 11 is 3.34. The fourth-order valence-corrected chi connectivity index (χ4v) is 5.47. The number of hydrogen-bond donors (Lipinski definition) is 3. The number of nitrogens with two attached hydrogens (primary N) is 1. The number of imidazole rings is 1. The zero-order chi connectivity index (χ0) is 24.5. The number of ether oxygens (including phenoxy) is 1. The molecule has 1 saturated carbocycles. The molecule has 0 bridgehead atoms. The van der Waals surface area contributed by atoms with Crippen LogP contribution in [0.2, 0.25) is 0 Å². The molecule has 0 aliphatic heterocycles. The molecule has 34 heavy (non-hydrogen) atoms. The first kappa shape index (κ1) is 24.4. The lowest BCUT2D eigenvalue weighted by Gasteiger charge is -2.36. The Balaban J connectivity index is 1.41. The maximum Gasteiger partial charge on any atom is 0.459 e. The maximum absolute atomic E-state index is 13.5. The van der Waals surface area contributed by atoms with Gasteiger partial charge in [0.15, 0.2) is 11.2 Å². The molecule has 1 aromatic carbocycles. The summed E-state index contributed by atoms with van der Waals surface area (Å²) in [7, 11) is -2.66. The van der Waals surface area contributed by atoms with Gasteiger partial charge in [-0.15, -0.1) is 0 Å². The third-order valence-electron chi connectivity index (χ3n) is 5.45. The third-order valence-corrected chi connectivity index (χ3v) is 7.62. The fraction of sp³-hybridized carbons (Fsp3) is 0.400. The SMILES string of the molecule is COC(=O)[C@H](C)NP(=O)(OC[C@H]1C[C@@H](n2cnc3c(O)nc(N)nc32)C1)Oc1ccc(Br)cc1. The first-order valence-corrected chi connectivity index (χ1v) is 12.8. The predicted molar refractivity (Wildman–Crippen MR) is 126 cm³/mol. The van der Waals surface area contributed by atoms with Gasteiger partial charge in [0, 0.05) is 10.5 Å². The smallest absolute Gasteiger partial charge is 0.459 e. The van der Waals surface area contributed by atoms with E-state index in [0.29, 0.717) is 24.2 Å². The minimum Gasteiger partial charge on any atom is -0.492 e. The van der Waals surface area contributed by atoms with Gasteiger partial charge in [-0.2, -0.15) is 15.1 Å². The summed E-state index contributed by atoms with van der Waals surface area (Å²) < 4.78 is 32.2. The van der Waals surface area contributed by atoms with Crippen molar-refractivity contribution in [3.63, 3.8) is 0 Å². The van der Waals surface area contributed by atoms with Gasteiger partial charge in [0.2, 0.25) is 11.8 Å². The summed E-state index contributed by atoms with van der Waals surface area (Å²) in [5.74, 6) is -0.500.